The molecule has 0 saturated carbocycles. The van der Waals surface area contributed by atoms with Gasteiger partial charge in [0.25, 0.3) is 0 Å². The van der Waals surface area contributed by atoms with E-state index in [0.717, 1.165) is 5.56 Å². The van der Waals surface area contributed by atoms with Crippen LogP contribution in [0.1, 0.15) is 12.0 Å². The average molecular weight is 242 g/mol. The second-order valence-electron chi connectivity index (χ2n) is 3.30. The number of hydrogen-bond donors (Lipinski definition) is 2. The molecular formula is C11H12ClNO3. The second kappa shape index (κ2) is 6.12. The van der Waals surface area contributed by atoms with Gasteiger partial charge in [0, 0.05) is 11.4 Å². The third-order valence-electron chi connectivity index (χ3n) is 1.99. The van der Waals surface area contributed by atoms with Crippen LogP contribution < -0.4 is 5.32 Å². The predicted octanol–water partition coefficient (Wildman–Crippen LogP) is 1.47. The molecule has 0 saturated heterocycles. The van der Waals surface area contributed by atoms with E-state index in [4.69, 9.17) is 16.7 Å². The number of carboxylic acid groups (broad SMARTS) is 1. The summed E-state index contributed by atoms with van der Waals surface area (Å²) in [5.74, 6) is -1.31. The summed E-state index contributed by atoms with van der Waals surface area (Å²) in [6, 6.07) is 7.19. The molecule has 1 amide bonds. The Balaban J connectivity index is 2.31. The van der Waals surface area contributed by atoms with Crippen molar-refractivity contribution in [2.75, 3.05) is 6.54 Å². The summed E-state index contributed by atoms with van der Waals surface area (Å²) in [7, 11) is 0. The minimum atomic E-state index is -1.04. The van der Waals surface area contributed by atoms with E-state index >= 15 is 0 Å². The van der Waals surface area contributed by atoms with Gasteiger partial charge in [-0.05, 0) is 24.1 Å². The molecule has 0 atom stereocenters. The molecule has 1 aromatic rings. The van der Waals surface area contributed by atoms with Crippen LogP contribution in [0.2, 0.25) is 5.02 Å². The highest BCUT2D eigenvalue weighted by atomic mass is 35.5. The van der Waals surface area contributed by atoms with Crippen molar-refractivity contribution in [3.63, 3.8) is 0 Å². The maximum atomic E-state index is 11.2. The first-order valence-electron chi connectivity index (χ1n) is 4.81. The van der Waals surface area contributed by atoms with Crippen LogP contribution in [0.15, 0.2) is 24.3 Å². The van der Waals surface area contributed by atoms with Crippen molar-refractivity contribution >= 4 is 23.5 Å². The third-order valence-corrected chi connectivity index (χ3v) is 2.24. The van der Waals surface area contributed by atoms with E-state index in [1.807, 2.05) is 12.1 Å². The topological polar surface area (TPSA) is 66.4 Å². The molecule has 0 bridgehead atoms. The lowest BCUT2D eigenvalue weighted by molar-refractivity contribution is -0.137. The summed E-state index contributed by atoms with van der Waals surface area (Å²) in [5, 5.41) is 11.3. The molecule has 0 fully saturated rings. The van der Waals surface area contributed by atoms with Gasteiger partial charge in [-0.1, -0.05) is 23.7 Å². The molecule has 1 rings (SSSR count). The number of amides is 1. The largest absolute Gasteiger partial charge is 0.480 e. The minimum Gasteiger partial charge on any atom is -0.480 e. The van der Waals surface area contributed by atoms with Gasteiger partial charge in [-0.2, -0.15) is 0 Å². The number of halogens is 1. The predicted molar refractivity (Wildman–Crippen MR) is 60.4 cm³/mol. The van der Waals surface area contributed by atoms with Gasteiger partial charge in [0.1, 0.15) is 6.54 Å². The van der Waals surface area contributed by atoms with Crippen molar-refractivity contribution in [3.05, 3.63) is 34.9 Å². The highest BCUT2D eigenvalue weighted by Crippen LogP contribution is 2.10. The molecule has 4 nitrogen and oxygen atoms in total. The van der Waals surface area contributed by atoms with Gasteiger partial charge in [0.2, 0.25) is 5.91 Å². The van der Waals surface area contributed by atoms with Gasteiger partial charge in [-0.3, -0.25) is 9.59 Å². The number of hydrogen-bond acceptors (Lipinski definition) is 2. The van der Waals surface area contributed by atoms with Crippen molar-refractivity contribution in [2.24, 2.45) is 0 Å². The summed E-state index contributed by atoms with van der Waals surface area (Å²) in [4.78, 5) is 21.4. The van der Waals surface area contributed by atoms with Gasteiger partial charge < -0.3 is 10.4 Å². The van der Waals surface area contributed by atoms with E-state index in [2.05, 4.69) is 5.32 Å². The first-order valence-corrected chi connectivity index (χ1v) is 5.18. The quantitative estimate of drug-likeness (QED) is 0.821. The molecule has 0 aliphatic rings. The normalized spacial score (nSPS) is 9.81. The highest BCUT2D eigenvalue weighted by Gasteiger charge is 2.04. The fourth-order valence-electron chi connectivity index (χ4n) is 1.17. The first kappa shape index (κ1) is 12.5. The number of carbonyl (C=O) groups is 2. The standard InChI is InChI=1S/C11H12ClNO3/c12-9-4-1-8(2-5-9)3-6-10(14)13-7-11(15)16/h1-2,4-5H,3,6-7H2,(H,13,14)(H,15,16). The maximum absolute atomic E-state index is 11.2. The number of carbonyl (C=O) groups excluding carboxylic acids is 1. The molecule has 0 spiro atoms. The molecule has 0 radical (unpaired) electrons. The van der Waals surface area contributed by atoms with E-state index in [1.54, 1.807) is 12.1 Å². The van der Waals surface area contributed by atoms with Crippen LogP contribution in [0.4, 0.5) is 0 Å². The molecule has 0 heterocycles. The van der Waals surface area contributed by atoms with Crippen LogP contribution in [-0.2, 0) is 16.0 Å². The molecule has 0 aliphatic heterocycles. The number of aliphatic carboxylic acids is 1. The van der Waals surface area contributed by atoms with Crippen LogP contribution in [-0.4, -0.2) is 23.5 Å². The monoisotopic (exact) mass is 241 g/mol. The van der Waals surface area contributed by atoms with Gasteiger partial charge in [0.05, 0.1) is 0 Å². The Bertz CT molecular complexity index is 375. The van der Waals surface area contributed by atoms with Crippen LogP contribution >= 0.6 is 11.6 Å². The fraction of sp³-hybridized carbons (Fsp3) is 0.273. The van der Waals surface area contributed by atoms with Gasteiger partial charge in [0.15, 0.2) is 0 Å². The van der Waals surface area contributed by atoms with Crippen molar-refractivity contribution < 1.29 is 14.7 Å². The zero-order valence-electron chi connectivity index (χ0n) is 8.57. The Labute approximate surface area is 98.2 Å². The van der Waals surface area contributed by atoms with Gasteiger partial charge in [-0.25, -0.2) is 0 Å². The van der Waals surface area contributed by atoms with Gasteiger partial charge >= 0.3 is 5.97 Å². The molecule has 5 heteroatoms. The molecule has 16 heavy (non-hydrogen) atoms. The van der Waals surface area contributed by atoms with Crippen molar-refractivity contribution in [3.8, 4) is 0 Å². The fourth-order valence-corrected chi connectivity index (χ4v) is 1.30. The van der Waals surface area contributed by atoms with Crippen LogP contribution in [0.25, 0.3) is 0 Å². The maximum Gasteiger partial charge on any atom is 0.322 e. The molecule has 1 aromatic carbocycles. The summed E-state index contributed by atoms with van der Waals surface area (Å²) >= 11 is 5.71. The van der Waals surface area contributed by atoms with E-state index in [9.17, 15) is 9.59 Å². The molecule has 86 valence electrons. The average Bonchev–Trinajstić information content (AvgIpc) is 2.25. The van der Waals surface area contributed by atoms with Crippen molar-refractivity contribution in [1.82, 2.24) is 5.32 Å². The lowest BCUT2D eigenvalue weighted by atomic mass is 10.1. The minimum absolute atomic E-state index is 0.266. The smallest absolute Gasteiger partial charge is 0.322 e. The second-order valence-corrected chi connectivity index (χ2v) is 3.73. The summed E-state index contributed by atoms with van der Waals surface area (Å²) < 4.78 is 0. The van der Waals surface area contributed by atoms with Crippen LogP contribution in [0, 0.1) is 0 Å². The Morgan fingerprint density at radius 3 is 2.44 bits per heavy atom. The number of rotatable bonds is 5. The highest BCUT2D eigenvalue weighted by molar-refractivity contribution is 6.30. The zero-order chi connectivity index (χ0) is 12.0. The van der Waals surface area contributed by atoms with Crippen LogP contribution in [0.5, 0.6) is 0 Å². The number of carboxylic acids is 1. The number of benzene rings is 1. The summed E-state index contributed by atoms with van der Waals surface area (Å²) in [5.41, 5.74) is 0.995. The lowest BCUT2D eigenvalue weighted by Crippen LogP contribution is -2.29. The third kappa shape index (κ3) is 4.79. The van der Waals surface area contributed by atoms with E-state index < -0.39 is 5.97 Å². The lowest BCUT2D eigenvalue weighted by Gasteiger charge is -2.02. The molecule has 0 unspecified atom stereocenters. The Morgan fingerprint density at radius 2 is 1.88 bits per heavy atom. The van der Waals surface area contributed by atoms with Crippen molar-refractivity contribution in [1.29, 1.82) is 0 Å². The van der Waals surface area contributed by atoms with E-state index in [1.165, 1.54) is 0 Å². The van der Waals surface area contributed by atoms with E-state index in [-0.39, 0.29) is 18.9 Å². The van der Waals surface area contributed by atoms with Crippen molar-refractivity contribution in [2.45, 2.75) is 12.8 Å². The molecular weight excluding hydrogens is 230 g/mol. The molecule has 2 N–H and O–H groups in total. The molecule has 0 aliphatic carbocycles. The van der Waals surface area contributed by atoms with Crippen LogP contribution in [0.3, 0.4) is 0 Å². The summed E-state index contributed by atoms with van der Waals surface area (Å²) in [6.07, 6.45) is 0.845. The number of aryl methyl sites for hydroxylation is 1. The van der Waals surface area contributed by atoms with E-state index in [0.29, 0.717) is 11.4 Å². The zero-order valence-corrected chi connectivity index (χ0v) is 9.33. The summed E-state index contributed by atoms with van der Waals surface area (Å²) in [6.45, 7) is -0.334. The SMILES string of the molecule is O=C(O)CNC(=O)CCc1ccc(Cl)cc1. The number of nitrogens with one attached hydrogen (secondary N) is 1. The van der Waals surface area contributed by atoms with Gasteiger partial charge in [-0.15, -0.1) is 0 Å². The first-order chi connectivity index (χ1) is 7.58. The molecule has 0 aromatic heterocycles. The Kier molecular flexibility index (Phi) is 4.79. The Morgan fingerprint density at radius 1 is 1.25 bits per heavy atom. The Hall–Kier alpha value is -1.55.